The fourth-order valence-corrected chi connectivity index (χ4v) is 3.72. The Hall–Kier alpha value is -3.07. The second-order valence-corrected chi connectivity index (χ2v) is 7.27. The summed E-state index contributed by atoms with van der Waals surface area (Å²) >= 11 is 6.11. The predicted molar refractivity (Wildman–Crippen MR) is 109 cm³/mol. The van der Waals surface area contributed by atoms with Gasteiger partial charge < -0.3 is 14.7 Å². The summed E-state index contributed by atoms with van der Waals surface area (Å²) in [4.78, 5) is 17.3. The van der Waals surface area contributed by atoms with Gasteiger partial charge >= 0.3 is 5.69 Å². The number of halogens is 1. The summed E-state index contributed by atoms with van der Waals surface area (Å²) in [6, 6.07) is 9.58. The Labute approximate surface area is 166 Å². The first-order valence-corrected chi connectivity index (χ1v) is 9.20. The van der Waals surface area contributed by atoms with Gasteiger partial charge in [0.15, 0.2) is 5.52 Å². The minimum atomic E-state index is -0.442. The molecule has 3 aromatic rings. The molecule has 1 aliphatic rings. The molecule has 146 valence electrons. The molecule has 1 saturated heterocycles. The number of nitro groups is 1. The summed E-state index contributed by atoms with van der Waals surface area (Å²) in [6.07, 6.45) is 0. The molecule has 9 nitrogen and oxygen atoms in total. The van der Waals surface area contributed by atoms with E-state index in [1.54, 1.807) is 25.1 Å². The number of benzene rings is 2. The molecule has 0 amide bonds. The number of hydrogen-bond acceptors (Lipinski definition) is 8. The van der Waals surface area contributed by atoms with Crippen molar-refractivity contribution in [1.82, 2.24) is 10.3 Å². The summed E-state index contributed by atoms with van der Waals surface area (Å²) in [5.74, 6) is 0. The monoisotopic (exact) mass is 402 g/mol. The van der Waals surface area contributed by atoms with Crippen LogP contribution in [0.15, 0.2) is 35.0 Å². The lowest BCUT2D eigenvalue weighted by Gasteiger charge is -2.37. The van der Waals surface area contributed by atoms with Crippen molar-refractivity contribution < 1.29 is 9.55 Å². The topological polar surface area (TPSA) is 91.8 Å². The van der Waals surface area contributed by atoms with E-state index in [0.717, 1.165) is 37.6 Å². The van der Waals surface area contributed by atoms with Crippen molar-refractivity contribution in [2.45, 2.75) is 0 Å². The zero-order valence-corrected chi connectivity index (χ0v) is 16.3. The van der Waals surface area contributed by atoms with Crippen molar-refractivity contribution in [2.24, 2.45) is 0 Å². The molecule has 0 unspecified atom stereocenters. The molecule has 0 atom stereocenters. The number of anilines is 3. The Morgan fingerprint density at radius 3 is 2.43 bits per heavy atom. The average molecular weight is 403 g/mol. The zero-order valence-electron chi connectivity index (χ0n) is 15.5. The van der Waals surface area contributed by atoms with Crippen LogP contribution < -0.4 is 14.7 Å². The highest BCUT2D eigenvalue weighted by atomic mass is 35.5. The van der Waals surface area contributed by atoms with Crippen LogP contribution in [0.25, 0.3) is 11.0 Å². The molecule has 0 radical (unpaired) electrons. The number of piperazine rings is 1. The van der Waals surface area contributed by atoms with Crippen LogP contribution in [-0.4, -0.2) is 55.5 Å². The average Bonchev–Trinajstić information content (AvgIpc) is 3.16. The predicted octanol–water partition coefficient (Wildman–Crippen LogP) is 3.18. The molecular formula is C18H19ClN6O3. The molecule has 10 heteroatoms. The van der Waals surface area contributed by atoms with Crippen molar-refractivity contribution in [3.05, 3.63) is 45.5 Å². The minimum Gasteiger partial charge on any atom is -0.372 e. The summed E-state index contributed by atoms with van der Waals surface area (Å²) < 4.78 is 4.85. The number of nitrogens with zero attached hydrogens (tertiary/aromatic N) is 6. The van der Waals surface area contributed by atoms with E-state index in [2.05, 4.69) is 20.1 Å². The first kappa shape index (κ1) is 18.3. The van der Waals surface area contributed by atoms with Crippen LogP contribution in [0.2, 0.25) is 5.02 Å². The van der Waals surface area contributed by atoms with E-state index in [4.69, 9.17) is 16.2 Å². The largest absolute Gasteiger partial charge is 0.372 e. The van der Waals surface area contributed by atoms with Gasteiger partial charge in [0.1, 0.15) is 5.69 Å². The van der Waals surface area contributed by atoms with Crippen LogP contribution in [0.1, 0.15) is 0 Å². The van der Waals surface area contributed by atoms with Crippen LogP contribution in [0.3, 0.4) is 0 Å². The van der Waals surface area contributed by atoms with E-state index in [1.165, 1.54) is 0 Å². The van der Waals surface area contributed by atoms with Crippen LogP contribution >= 0.6 is 11.6 Å². The van der Waals surface area contributed by atoms with Gasteiger partial charge in [-0.1, -0.05) is 17.7 Å². The van der Waals surface area contributed by atoms with E-state index in [9.17, 15) is 10.1 Å². The number of nitro benzene ring substituents is 1. The van der Waals surface area contributed by atoms with Gasteiger partial charge in [-0.05, 0) is 34.6 Å². The maximum atomic E-state index is 11.6. The molecule has 0 saturated carbocycles. The Balaban J connectivity index is 1.66. The summed E-state index contributed by atoms with van der Waals surface area (Å²) in [5.41, 5.74) is 2.83. The van der Waals surface area contributed by atoms with Crippen molar-refractivity contribution in [3.63, 3.8) is 0 Å². The lowest BCUT2D eigenvalue weighted by Crippen LogP contribution is -2.46. The van der Waals surface area contributed by atoms with Gasteiger partial charge in [-0.2, -0.15) is 0 Å². The Bertz CT molecular complexity index is 1030. The van der Waals surface area contributed by atoms with E-state index in [1.807, 2.05) is 24.3 Å². The Morgan fingerprint density at radius 1 is 1.11 bits per heavy atom. The van der Waals surface area contributed by atoms with Crippen molar-refractivity contribution in [1.29, 1.82) is 0 Å². The molecule has 0 aliphatic carbocycles. The van der Waals surface area contributed by atoms with E-state index in [0.29, 0.717) is 16.2 Å². The van der Waals surface area contributed by atoms with Crippen molar-refractivity contribution in [2.75, 3.05) is 55.0 Å². The quantitative estimate of drug-likeness (QED) is 0.485. The van der Waals surface area contributed by atoms with Gasteiger partial charge in [0, 0.05) is 51.0 Å². The maximum Gasteiger partial charge on any atom is 0.323 e. The lowest BCUT2D eigenvalue weighted by atomic mass is 10.1. The van der Waals surface area contributed by atoms with Crippen LogP contribution in [0.4, 0.5) is 22.7 Å². The minimum absolute atomic E-state index is 0.0948. The van der Waals surface area contributed by atoms with E-state index >= 15 is 0 Å². The molecule has 0 bridgehead atoms. The molecule has 1 fully saturated rings. The van der Waals surface area contributed by atoms with E-state index < -0.39 is 4.92 Å². The fourth-order valence-electron chi connectivity index (χ4n) is 3.54. The van der Waals surface area contributed by atoms with Crippen molar-refractivity contribution in [3.8, 4) is 0 Å². The van der Waals surface area contributed by atoms with Gasteiger partial charge in [-0.3, -0.25) is 10.1 Å². The fraction of sp³-hybridized carbons (Fsp3) is 0.333. The molecule has 2 aromatic carbocycles. The first-order chi connectivity index (χ1) is 13.5. The highest BCUT2D eigenvalue weighted by Gasteiger charge is 2.29. The molecule has 1 aromatic heterocycles. The van der Waals surface area contributed by atoms with Crippen molar-refractivity contribution >= 4 is 45.4 Å². The highest BCUT2D eigenvalue weighted by molar-refractivity contribution is 6.30. The third-order valence-corrected chi connectivity index (χ3v) is 5.16. The summed E-state index contributed by atoms with van der Waals surface area (Å²) in [6.45, 7) is 3.06. The van der Waals surface area contributed by atoms with Gasteiger partial charge in [0.05, 0.1) is 10.6 Å². The Kier molecular flexibility index (Phi) is 4.68. The Morgan fingerprint density at radius 2 is 1.79 bits per heavy atom. The SMILES string of the molecule is CN(C)c1cc(N2CCN(c3cccc(Cl)c3)CC2)c2nonc2c1[N+](=O)[O-]. The maximum absolute atomic E-state index is 11.6. The molecule has 0 N–H and O–H groups in total. The van der Waals surface area contributed by atoms with Gasteiger partial charge in [-0.25, -0.2) is 4.63 Å². The normalized spacial score (nSPS) is 14.5. The summed E-state index contributed by atoms with van der Waals surface area (Å²) in [7, 11) is 3.53. The molecule has 4 rings (SSSR count). The van der Waals surface area contributed by atoms with Crippen LogP contribution in [-0.2, 0) is 0 Å². The third-order valence-electron chi connectivity index (χ3n) is 4.93. The van der Waals surface area contributed by atoms with Crippen LogP contribution in [0.5, 0.6) is 0 Å². The second-order valence-electron chi connectivity index (χ2n) is 6.83. The molecule has 28 heavy (non-hydrogen) atoms. The number of fused-ring (bicyclic) bond motifs is 1. The first-order valence-electron chi connectivity index (χ1n) is 8.82. The molecule has 2 heterocycles. The van der Waals surface area contributed by atoms with Gasteiger partial charge in [0.2, 0.25) is 5.52 Å². The highest BCUT2D eigenvalue weighted by Crippen LogP contribution is 2.40. The van der Waals surface area contributed by atoms with Gasteiger partial charge in [0.25, 0.3) is 0 Å². The third kappa shape index (κ3) is 3.18. The zero-order chi connectivity index (χ0) is 19.8. The standard InChI is InChI=1S/C18H19ClN6O3/c1-22(2)15-11-14(16-17(21-28-20-16)18(15)25(26)27)24-8-6-23(7-9-24)13-5-3-4-12(19)10-13/h3-5,10-11H,6-9H2,1-2H3. The van der Waals surface area contributed by atoms with E-state index in [-0.39, 0.29) is 11.2 Å². The number of hydrogen-bond donors (Lipinski definition) is 0. The molecular weight excluding hydrogens is 384 g/mol. The summed E-state index contributed by atoms with van der Waals surface area (Å²) in [5, 5.41) is 20.0. The smallest absolute Gasteiger partial charge is 0.323 e. The second kappa shape index (κ2) is 7.16. The van der Waals surface area contributed by atoms with Gasteiger partial charge in [-0.15, -0.1) is 0 Å². The number of rotatable bonds is 4. The van der Waals surface area contributed by atoms with Crippen LogP contribution in [0, 0.1) is 10.1 Å². The molecule has 1 aliphatic heterocycles. The number of aromatic nitrogens is 2. The molecule has 0 spiro atoms. The lowest BCUT2D eigenvalue weighted by molar-refractivity contribution is -0.382.